The van der Waals surface area contributed by atoms with E-state index >= 15 is 0 Å². The van der Waals surface area contributed by atoms with Gasteiger partial charge in [-0.25, -0.2) is 0 Å². The van der Waals surface area contributed by atoms with E-state index in [1.807, 2.05) is 67.8 Å². The van der Waals surface area contributed by atoms with E-state index in [0.717, 1.165) is 21.8 Å². The first-order valence-corrected chi connectivity index (χ1v) is 11.0. The maximum absolute atomic E-state index is 13.1. The highest BCUT2D eigenvalue weighted by Crippen LogP contribution is 2.21. The lowest BCUT2D eigenvalue weighted by atomic mass is 10.0. The number of rotatable bonds is 8. The number of carbonyl (C=O) groups excluding carboxylic acids is 2. The third kappa shape index (κ3) is 6.06. The zero-order chi connectivity index (χ0) is 22.2. The van der Waals surface area contributed by atoms with Crippen molar-refractivity contribution in [1.29, 1.82) is 0 Å². The summed E-state index contributed by atoms with van der Waals surface area (Å²) in [5.41, 5.74) is 2.74. The minimum absolute atomic E-state index is 0.193. The van der Waals surface area contributed by atoms with Crippen molar-refractivity contribution < 1.29 is 14.3 Å². The van der Waals surface area contributed by atoms with Crippen molar-refractivity contribution in [2.75, 3.05) is 7.11 Å². The molecular formula is C25H26N2O3S. The van der Waals surface area contributed by atoms with Crippen LogP contribution in [0.15, 0.2) is 71.7 Å². The van der Waals surface area contributed by atoms with E-state index in [-0.39, 0.29) is 23.6 Å². The second kappa shape index (κ2) is 10.6. The van der Waals surface area contributed by atoms with E-state index in [1.165, 1.54) is 11.3 Å². The topological polar surface area (TPSA) is 67.4 Å². The quantitative estimate of drug-likeness (QED) is 0.485. The van der Waals surface area contributed by atoms with Crippen LogP contribution in [-0.2, 0) is 4.79 Å². The number of hydrogen-bond donors (Lipinski definition) is 2. The second-order valence-electron chi connectivity index (χ2n) is 7.10. The summed E-state index contributed by atoms with van der Waals surface area (Å²) in [5.74, 6) is 0.0977. The van der Waals surface area contributed by atoms with Gasteiger partial charge in [-0.05, 0) is 60.7 Å². The van der Waals surface area contributed by atoms with E-state index in [0.29, 0.717) is 12.0 Å². The number of hydrogen-bond acceptors (Lipinski definition) is 4. The summed E-state index contributed by atoms with van der Waals surface area (Å²) < 4.78 is 5.21. The smallest absolute Gasteiger partial charge is 0.268 e. The monoisotopic (exact) mass is 434 g/mol. The van der Waals surface area contributed by atoms with Crippen molar-refractivity contribution in [3.63, 3.8) is 0 Å². The van der Waals surface area contributed by atoms with Gasteiger partial charge in [0.05, 0.1) is 13.2 Å². The van der Waals surface area contributed by atoms with Crippen molar-refractivity contribution in [2.24, 2.45) is 0 Å². The van der Waals surface area contributed by atoms with Gasteiger partial charge in [0.25, 0.3) is 11.8 Å². The summed E-state index contributed by atoms with van der Waals surface area (Å²) in [5, 5.41) is 7.75. The summed E-state index contributed by atoms with van der Waals surface area (Å²) in [6, 6.07) is 18.4. The SMILES string of the molecule is CCC(NC(=O)/C(=C/c1cccs1)NC(=O)c1ccc(C)cc1)c1ccc(OC)cc1. The molecule has 5 nitrogen and oxygen atoms in total. The molecule has 0 saturated heterocycles. The van der Waals surface area contributed by atoms with Crippen LogP contribution in [0.1, 0.15) is 45.7 Å². The van der Waals surface area contributed by atoms with E-state index in [1.54, 1.807) is 25.3 Å². The maximum atomic E-state index is 13.1. The Balaban J connectivity index is 1.81. The Bertz CT molecular complexity index is 1040. The second-order valence-corrected chi connectivity index (χ2v) is 8.08. The molecule has 0 spiro atoms. The Morgan fingerprint density at radius 3 is 2.35 bits per heavy atom. The lowest BCUT2D eigenvalue weighted by molar-refractivity contribution is -0.118. The summed E-state index contributed by atoms with van der Waals surface area (Å²) in [6.07, 6.45) is 2.41. The number of aryl methyl sites for hydroxylation is 1. The number of benzene rings is 2. The van der Waals surface area contributed by atoms with Gasteiger partial charge in [0.15, 0.2) is 0 Å². The number of ether oxygens (including phenoxy) is 1. The van der Waals surface area contributed by atoms with Gasteiger partial charge in [0.2, 0.25) is 0 Å². The largest absolute Gasteiger partial charge is 0.497 e. The van der Waals surface area contributed by atoms with Crippen LogP contribution in [-0.4, -0.2) is 18.9 Å². The van der Waals surface area contributed by atoms with Crippen LogP contribution in [0.3, 0.4) is 0 Å². The molecule has 0 aliphatic carbocycles. The number of methoxy groups -OCH3 is 1. The van der Waals surface area contributed by atoms with Gasteiger partial charge >= 0.3 is 0 Å². The fraction of sp³-hybridized carbons (Fsp3) is 0.200. The molecule has 0 radical (unpaired) electrons. The van der Waals surface area contributed by atoms with Gasteiger partial charge in [-0.2, -0.15) is 0 Å². The molecule has 0 bridgehead atoms. The zero-order valence-corrected chi connectivity index (χ0v) is 18.7. The molecule has 0 fully saturated rings. The summed E-state index contributed by atoms with van der Waals surface area (Å²) in [4.78, 5) is 26.8. The van der Waals surface area contributed by atoms with E-state index in [2.05, 4.69) is 10.6 Å². The minimum atomic E-state index is -0.337. The minimum Gasteiger partial charge on any atom is -0.497 e. The average molecular weight is 435 g/mol. The Hall–Kier alpha value is -3.38. The van der Waals surface area contributed by atoms with Gasteiger partial charge in [-0.1, -0.05) is 42.8 Å². The van der Waals surface area contributed by atoms with Crippen molar-refractivity contribution in [2.45, 2.75) is 26.3 Å². The van der Waals surface area contributed by atoms with Crippen molar-refractivity contribution >= 4 is 29.2 Å². The Morgan fingerprint density at radius 1 is 1.06 bits per heavy atom. The van der Waals surface area contributed by atoms with E-state index < -0.39 is 0 Å². The van der Waals surface area contributed by atoms with Crippen LogP contribution in [0.5, 0.6) is 5.75 Å². The normalized spacial score (nSPS) is 12.2. The standard InChI is InChI=1S/C25H26N2O3S/c1-4-22(18-11-13-20(30-3)14-12-18)26-25(29)23(16-21-6-5-15-31-21)27-24(28)19-9-7-17(2)8-10-19/h5-16,22H,4H2,1-3H3,(H,26,29)(H,27,28)/b23-16-. The van der Waals surface area contributed by atoms with Crippen LogP contribution in [0.4, 0.5) is 0 Å². The molecule has 1 unspecified atom stereocenters. The number of nitrogens with one attached hydrogen (secondary N) is 2. The average Bonchev–Trinajstić information content (AvgIpc) is 3.30. The van der Waals surface area contributed by atoms with Crippen molar-refractivity contribution in [3.05, 3.63) is 93.3 Å². The van der Waals surface area contributed by atoms with Crippen LogP contribution in [0.25, 0.3) is 6.08 Å². The Labute approximate surface area is 186 Å². The summed E-state index contributed by atoms with van der Waals surface area (Å²) in [7, 11) is 1.62. The predicted molar refractivity (Wildman–Crippen MR) is 125 cm³/mol. The molecule has 6 heteroatoms. The van der Waals surface area contributed by atoms with Gasteiger partial charge in [-0.3, -0.25) is 9.59 Å². The molecular weight excluding hydrogens is 408 g/mol. The fourth-order valence-corrected chi connectivity index (χ4v) is 3.72. The first-order valence-electron chi connectivity index (χ1n) is 10.1. The fourth-order valence-electron chi connectivity index (χ4n) is 3.07. The molecule has 2 N–H and O–H groups in total. The first kappa shape index (κ1) is 22.3. The van der Waals surface area contributed by atoms with Gasteiger partial charge in [-0.15, -0.1) is 11.3 Å². The van der Waals surface area contributed by atoms with Crippen molar-refractivity contribution in [3.8, 4) is 5.75 Å². The predicted octanol–water partition coefficient (Wildman–Crippen LogP) is 5.10. The molecule has 2 amide bonds. The van der Waals surface area contributed by atoms with Gasteiger partial charge < -0.3 is 15.4 Å². The van der Waals surface area contributed by atoms with Gasteiger partial charge in [0, 0.05) is 10.4 Å². The van der Waals surface area contributed by atoms with E-state index in [9.17, 15) is 9.59 Å². The third-order valence-electron chi connectivity index (χ3n) is 4.87. The number of carbonyl (C=O) groups is 2. The van der Waals surface area contributed by atoms with Crippen LogP contribution in [0.2, 0.25) is 0 Å². The maximum Gasteiger partial charge on any atom is 0.268 e. The molecule has 3 rings (SSSR count). The summed E-state index contributed by atoms with van der Waals surface area (Å²) >= 11 is 1.50. The lowest BCUT2D eigenvalue weighted by Crippen LogP contribution is -2.36. The van der Waals surface area contributed by atoms with Crippen molar-refractivity contribution in [1.82, 2.24) is 10.6 Å². The van der Waals surface area contributed by atoms with Crippen LogP contribution in [0, 0.1) is 6.92 Å². The molecule has 1 heterocycles. The summed E-state index contributed by atoms with van der Waals surface area (Å²) in [6.45, 7) is 3.96. The highest BCUT2D eigenvalue weighted by molar-refractivity contribution is 7.10. The molecule has 0 aliphatic heterocycles. The highest BCUT2D eigenvalue weighted by atomic mass is 32.1. The van der Waals surface area contributed by atoms with Gasteiger partial charge in [0.1, 0.15) is 11.4 Å². The third-order valence-corrected chi connectivity index (χ3v) is 5.69. The molecule has 3 aromatic rings. The molecule has 1 aromatic heterocycles. The lowest BCUT2D eigenvalue weighted by Gasteiger charge is -2.19. The molecule has 160 valence electrons. The van der Waals surface area contributed by atoms with Crippen LogP contribution < -0.4 is 15.4 Å². The zero-order valence-electron chi connectivity index (χ0n) is 17.8. The molecule has 0 saturated carbocycles. The van der Waals surface area contributed by atoms with Crippen LogP contribution >= 0.6 is 11.3 Å². The Morgan fingerprint density at radius 2 is 1.77 bits per heavy atom. The molecule has 2 aromatic carbocycles. The highest BCUT2D eigenvalue weighted by Gasteiger charge is 2.19. The Kier molecular flexibility index (Phi) is 7.62. The molecule has 0 aliphatic rings. The molecule has 31 heavy (non-hydrogen) atoms. The molecule has 1 atom stereocenters. The van der Waals surface area contributed by atoms with E-state index in [4.69, 9.17) is 4.74 Å². The number of amides is 2. The number of thiophene rings is 1. The first-order chi connectivity index (χ1) is 15.0.